The molecule has 1 aliphatic heterocycles. The summed E-state index contributed by atoms with van der Waals surface area (Å²) in [5, 5.41) is 3.19. The minimum atomic E-state index is 0.110. The highest BCUT2D eigenvalue weighted by Gasteiger charge is 2.30. The van der Waals surface area contributed by atoms with Gasteiger partial charge in [0.1, 0.15) is 5.82 Å². The van der Waals surface area contributed by atoms with E-state index in [1.807, 2.05) is 54.4 Å². The first-order chi connectivity index (χ1) is 10.8. The molecule has 0 aliphatic carbocycles. The summed E-state index contributed by atoms with van der Waals surface area (Å²) in [6.45, 7) is 3.72. The van der Waals surface area contributed by atoms with Gasteiger partial charge in [-0.15, -0.1) is 0 Å². The molecule has 0 radical (unpaired) electrons. The molecule has 1 amide bonds. The number of carbonyl (C=O) groups is 1. The molecule has 1 aromatic carbocycles. The summed E-state index contributed by atoms with van der Waals surface area (Å²) in [6.07, 6.45) is 3.93. The Bertz CT molecular complexity index is 625. The normalized spacial score (nSPS) is 17.5. The molecule has 22 heavy (non-hydrogen) atoms. The van der Waals surface area contributed by atoms with Crippen LogP contribution in [0.4, 0.5) is 5.82 Å². The largest absolute Gasteiger partial charge is 0.370 e. The number of likely N-dealkylation sites (tertiary alicyclic amines) is 1. The molecule has 114 valence electrons. The first kappa shape index (κ1) is 14.6. The lowest BCUT2D eigenvalue weighted by molar-refractivity contribution is 0.0735. The van der Waals surface area contributed by atoms with Crippen LogP contribution in [0.1, 0.15) is 41.7 Å². The summed E-state index contributed by atoms with van der Waals surface area (Å²) >= 11 is 0. The van der Waals surface area contributed by atoms with E-state index in [9.17, 15) is 4.79 Å². The second kappa shape index (κ2) is 6.60. The smallest absolute Gasteiger partial charge is 0.254 e. The Hall–Kier alpha value is -2.36. The summed E-state index contributed by atoms with van der Waals surface area (Å²) in [7, 11) is 0. The van der Waals surface area contributed by atoms with Crippen LogP contribution in [0.3, 0.4) is 0 Å². The Morgan fingerprint density at radius 1 is 1.27 bits per heavy atom. The summed E-state index contributed by atoms with van der Waals surface area (Å²) in [4.78, 5) is 19.1. The minimum Gasteiger partial charge on any atom is -0.370 e. The molecule has 1 aromatic heterocycles. The van der Waals surface area contributed by atoms with Crippen molar-refractivity contribution in [2.24, 2.45) is 0 Å². The third kappa shape index (κ3) is 2.96. The third-order valence-corrected chi connectivity index (χ3v) is 4.06. The molecular formula is C18H21N3O. The van der Waals surface area contributed by atoms with Crippen molar-refractivity contribution in [3.05, 3.63) is 59.8 Å². The molecule has 1 N–H and O–H groups in total. The highest BCUT2D eigenvalue weighted by Crippen LogP contribution is 2.33. The van der Waals surface area contributed by atoms with Crippen molar-refractivity contribution >= 4 is 11.7 Å². The van der Waals surface area contributed by atoms with Crippen molar-refractivity contribution in [2.75, 3.05) is 18.4 Å². The topological polar surface area (TPSA) is 45.2 Å². The van der Waals surface area contributed by atoms with E-state index in [2.05, 4.69) is 16.4 Å². The Morgan fingerprint density at radius 2 is 2.09 bits per heavy atom. The van der Waals surface area contributed by atoms with Gasteiger partial charge in [-0.05, 0) is 43.5 Å². The van der Waals surface area contributed by atoms with Gasteiger partial charge in [0.2, 0.25) is 0 Å². The van der Waals surface area contributed by atoms with Crippen LogP contribution < -0.4 is 5.32 Å². The van der Waals surface area contributed by atoms with E-state index >= 15 is 0 Å². The molecule has 3 rings (SSSR count). The van der Waals surface area contributed by atoms with Gasteiger partial charge >= 0.3 is 0 Å². The van der Waals surface area contributed by atoms with Gasteiger partial charge in [0, 0.05) is 24.8 Å². The molecule has 0 bridgehead atoms. The lowest BCUT2D eigenvalue weighted by Gasteiger charge is -2.25. The van der Waals surface area contributed by atoms with Gasteiger partial charge in [0.25, 0.3) is 5.91 Å². The molecule has 1 saturated heterocycles. The number of pyridine rings is 1. The highest BCUT2D eigenvalue weighted by molar-refractivity contribution is 5.94. The van der Waals surface area contributed by atoms with Crippen molar-refractivity contribution < 1.29 is 4.79 Å². The second-order valence-electron chi connectivity index (χ2n) is 5.53. The molecule has 4 heteroatoms. The van der Waals surface area contributed by atoms with E-state index in [1.54, 1.807) is 0 Å². The number of hydrogen-bond acceptors (Lipinski definition) is 3. The summed E-state index contributed by atoms with van der Waals surface area (Å²) in [5.74, 6) is 0.990. The minimum absolute atomic E-state index is 0.110. The summed E-state index contributed by atoms with van der Waals surface area (Å²) in [5.41, 5.74) is 1.87. The fourth-order valence-electron chi connectivity index (χ4n) is 2.99. The van der Waals surface area contributed by atoms with Crippen LogP contribution in [0.25, 0.3) is 0 Å². The SMILES string of the molecule is CCNc1ccc([C@@H]2CCCN2C(=O)c2ccccc2)cn1. The predicted molar refractivity (Wildman–Crippen MR) is 87.9 cm³/mol. The zero-order chi connectivity index (χ0) is 15.4. The third-order valence-electron chi connectivity index (χ3n) is 4.06. The van der Waals surface area contributed by atoms with E-state index in [0.717, 1.165) is 42.9 Å². The Morgan fingerprint density at radius 3 is 2.77 bits per heavy atom. The van der Waals surface area contributed by atoms with E-state index in [4.69, 9.17) is 0 Å². The second-order valence-corrected chi connectivity index (χ2v) is 5.53. The maximum atomic E-state index is 12.7. The van der Waals surface area contributed by atoms with Gasteiger partial charge in [0.15, 0.2) is 0 Å². The van der Waals surface area contributed by atoms with Gasteiger partial charge in [0.05, 0.1) is 6.04 Å². The van der Waals surface area contributed by atoms with Crippen LogP contribution >= 0.6 is 0 Å². The van der Waals surface area contributed by atoms with E-state index < -0.39 is 0 Å². The molecular weight excluding hydrogens is 274 g/mol. The number of carbonyl (C=O) groups excluding carboxylic acids is 1. The zero-order valence-electron chi connectivity index (χ0n) is 12.8. The van der Waals surface area contributed by atoms with Crippen LogP contribution in [0.15, 0.2) is 48.7 Å². The lowest BCUT2D eigenvalue weighted by Crippen LogP contribution is -2.30. The summed E-state index contributed by atoms with van der Waals surface area (Å²) < 4.78 is 0. The summed E-state index contributed by atoms with van der Waals surface area (Å²) in [6, 6.07) is 13.7. The fourth-order valence-corrected chi connectivity index (χ4v) is 2.99. The Balaban J connectivity index is 1.79. The van der Waals surface area contributed by atoms with Gasteiger partial charge in [-0.1, -0.05) is 24.3 Å². The van der Waals surface area contributed by atoms with Gasteiger partial charge < -0.3 is 10.2 Å². The standard InChI is InChI=1S/C18H21N3O/c1-2-19-17-11-10-15(13-20-17)16-9-6-12-21(16)18(22)14-7-4-3-5-8-14/h3-5,7-8,10-11,13,16H,2,6,9,12H2,1H3,(H,19,20)/t16-/m0/s1. The van der Waals surface area contributed by atoms with Crippen molar-refractivity contribution in [1.29, 1.82) is 0 Å². The van der Waals surface area contributed by atoms with Gasteiger partial charge in [-0.25, -0.2) is 4.98 Å². The number of benzene rings is 1. The number of amides is 1. The van der Waals surface area contributed by atoms with Crippen LogP contribution in [-0.4, -0.2) is 28.9 Å². The number of aromatic nitrogens is 1. The highest BCUT2D eigenvalue weighted by atomic mass is 16.2. The van der Waals surface area contributed by atoms with Gasteiger partial charge in [-0.2, -0.15) is 0 Å². The molecule has 2 aromatic rings. The quantitative estimate of drug-likeness (QED) is 0.939. The predicted octanol–water partition coefficient (Wildman–Crippen LogP) is 3.49. The number of nitrogens with zero attached hydrogens (tertiary/aromatic N) is 2. The number of nitrogens with one attached hydrogen (secondary N) is 1. The average Bonchev–Trinajstić information content (AvgIpc) is 3.05. The van der Waals surface area contributed by atoms with Crippen LogP contribution in [0.5, 0.6) is 0 Å². The van der Waals surface area contributed by atoms with E-state index in [1.165, 1.54) is 0 Å². The number of rotatable bonds is 4. The number of anilines is 1. The molecule has 2 heterocycles. The first-order valence-electron chi connectivity index (χ1n) is 7.85. The molecule has 1 atom stereocenters. The van der Waals surface area contributed by atoms with Gasteiger partial charge in [-0.3, -0.25) is 4.79 Å². The van der Waals surface area contributed by atoms with Crippen molar-refractivity contribution in [3.63, 3.8) is 0 Å². The Labute approximate surface area is 131 Å². The zero-order valence-corrected chi connectivity index (χ0v) is 12.8. The number of hydrogen-bond donors (Lipinski definition) is 1. The average molecular weight is 295 g/mol. The monoisotopic (exact) mass is 295 g/mol. The lowest BCUT2D eigenvalue weighted by atomic mass is 10.1. The van der Waals surface area contributed by atoms with E-state index in [-0.39, 0.29) is 11.9 Å². The van der Waals surface area contributed by atoms with Crippen molar-refractivity contribution in [1.82, 2.24) is 9.88 Å². The maximum Gasteiger partial charge on any atom is 0.254 e. The van der Waals surface area contributed by atoms with Crippen LogP contribution in [0, 0.1) is 0 Å². The fraction of sp³-hybridized carbons (Fsp3) is 0.333. The maximum absolute atomic E-state index is 12.7. The first-order valence-corrected chi connectivity index (χ1v) is 7.85. The molecule has 0 unspecified atom stereocenters. The van der Waals surface area contributed by atoms with Crippen molar-refractivity contribution in [3.8, 4) is 0 Å². The van der Waals surface area contributed by atoms with Crippen LogP contribution in [0.2, 0.25) is 0 Å². The molecule has 4 nitrogen and oxygen atoms in total. The Kier molecular flexibility index (Phi) is 4.37. The molecule has 1 aliphatic rings. The molecule has 1 fully saturated rings. The molecule has 0 saturated carbocycles. The van der Waals surface area contributed by atoms with E-state index in [0.29, 0.717) is 0 Å². The molecule has 0 spiro atoms. The van der Waals surface area contributed by atoms with Crippen LogP contribution in [-0.2, 0) is 0 Å². The van der Waals surface area contributed by atoms with Crippen molar-refractivity contribution in [2.45, 2.75) is 25.8 Å².